The number of benzene rings is 1. The Bertz CT molecular complexity index is 950. The van der Waals surface area contributed by atoms with Gasteiger partial charge < -0.3 is 10.2 Å². The second-order valence-electron chi connectivity index (χ2n) is 6.16. The molecule has 3 amide bonds. The number of nitrogens with one attached hydrogen (secondary N) is 1. The van der Waals surface area contributed by atoms with Crippen LogP contribution in [0.25, 0.3) is 0 Å². The van der Waals surface area contributed by atoms with Crippen molar-refractivity contribution in [2.24, 2.45) is 4.99 Å². The first-order chi connectivity index (χ1) is 12.8. The van der Waals surface area contributed by atoms with Crippen molar-refractivity contribution in [3.8, 4) is 0 Å². The lowest BCUT2D eigenvalue weighted by molar-refractivity contribution is -0.114. The number of hydrogen-bond acceptors (Lipinski definition) is 2. The highest BCUT2D eigenvalue weighted by molar-refractivity contribution is 6.31. The molecule has 1 aromatic carbocycles. The van der Waals surface area contributed by atoms with Crippen LogP contribution in [0.5, 0.6) is 0 Å². The van der Waals surface area contributed by atoms with Crippen LogP contribution in [0, 0.1) is 5.82 Å². The summed E-state index contributed by atoms with van der Waals surface area (Å²) in [6.45, 7) is 1.74. The molecule has 1 N–H and O–H groups in total. The van der Waals surface area contributed by atoms with Gasteiger partial charge in [-0.05, 0) is 30.7 Å². The fourth-order valence-corrected chi connectivity index (χ4v) is 3.03. The summed E-state index contributed by atoms with van der Waals surface area (Å²) in [7, 11) is 1.55. The predicted molar refractivity (Wildman–Crippen MR) is 100 cm³/mol. The van der Waals surface area contributed by atoms with Crippen LogP contribution in [0.2, 0.25) is 5.02 Å². The zero-order valence-corrected chi connectivity index (χ0v) is 15.3. The summed E-state index contributed by atoms with van der Waals surface area (Å²) in [5, 5.41) is 2.51. The average molecular weight is 392 g/mol. The van der Waals surface area contributed by atoms with Gasteiger partial charge in [0, 0.05) is 30.9 Å². The minimum Gasteiger partial charge on any atom is -0.321 e. The molecule has 0 aromatic heterocycles. The molecule has 5 nitrogen and oxygen atoms in total. The average Bonchev–Trinajstić information content (AvgIpc) is 2.64. The van der Waals surface area contributed by atoms with E-state index in [1.165, 1.54) is 23.2 Å². The van der Waals surface area contributed by atoms with Gasteiger partial charge in [-0.2, -0.15) is 0 Å². The molecule has 0 radical (unpaired) electrons. The van der Waals surface area contributed by atoms with Crippen molar-refractivity contribution >= 4 is 35.4 Å². The third-order valence-electron chi connectivity index (χ3n) is 4.49. The molecule has 1 atom stereocenters. The van der Waals surface area contributed by atoms with Crippen LogP contribution in [0.15, 0.2) is 57.9 Å². The highest BCUT2D eigenvalue weighted by Gasteiger charge is 2.30. The number of fused-ring (bicyclic) bond motifs is 1. The van der Waals surface area contributed by atoms with E-state index in [0.717, 1.165) is 6.07 Å². The van der Waals surface area contributed by atoms with Crippen LogP contribution in [0.3, 0.4) is 0 Å². The molecule has 0 saturated heterocycles. The molecule has 27 heavy (non-hydrogen) atoms. The number of halogens is 3. The molecule has 140 valence electrons. The first kappa shape index (κ1) is 19.0. The number of nitrogens with zero attached hydrogens (tertiary/aromatic N) is 2. The quantitative estimate of drug-likeness (QED) is 0.828. The first-order valence-corrected chi connectivity index (χ1v) is 8.54. The van der Waals surface area contributed by atoms with Crippen molar-refractivity contribution in [3.05, 3.63) is 63.7 Å². The van der Waals surface area contributed by atoms with Crippen LogP contribution in [0.1, 0.15) is 13.3 Å². The standard InChI is InChI=1S/C19H16ClF2N3O2/c1-10(13-9-23-18(26)17-12(13)4-3-5-16(17)22)25(2)19(27)24-11-6-7-15(21)14(20)8-11/h3-4,6-10H,5H2,1-2H3,(H,24,27). The summed E-state index contributed by atoms with van der Waals surface area (Å²) in [4.78, 5) is 29.6. The van der Waals surface area contributed by atoms with Gasteiger partial charge in [0.1, 0.15) is 11.6 Å². The Morgan fingerprint density at radius 3 is 2.81 bits per heavy atom. The molecule has 1 aliphatic carbocycles. The van der Waals surface area contributed by atoms with Crippen molar-refractivity contribution in [1.82, 2.24) is 4.90 Å². The number of carbonyl (C=O) groups is 2. The fraction of sp³-hybridized carbons (Fsp3) is 0.211. The minimum atomic E-state index is -0.629. The Balaban J connectivity index is 1.84. The number of dihydropyridines is 1. The molecule has 1 heterocycles. The van der Waals surface area contributed by atoms with E-state index in [1.807, 2.05) is 0 Å². The van der Waals surface area contributed by atoms with Gasteiger partial charge >= 0.3 is 6.03 Å². The second-order valence-corrected chi connectivity index (χ2v) is 6.57. The Kier molecular flexibility index (Phi) is 5.23. The summed E-state index contributed by atoms with van der Waals surface area (Å²) in [5.41, 5.74) is 1.25. The van der Waals surface area contributed by atoms with Gasteiger partial charge in [0.05, 0.1) is 16.6 Å². The zero-order valence-electron chi connectivity index (χ0n) is 14.6. The maximum absolute atomic E-state index is 14.1. The number of carbonyl (C=O) groups excluding carboxylic acids is 2. The normalized spacial score (nSPS) is 17.1. The topological polar surface area (TPSA) is 61.8 Å². The van der Waals surface area contributed by atoms with E-state index < -0.39 is 29.6 Å². The second kappa shape index (κ2) is 7.44. The summed E-state index contributed by atoms with van der Waals surface area (Å²) < 4.78 is 27.3. The smallest absolute Gasteiger partial charge is 0.321 e. The molecule has 1 unspecified atom stereocenters. The number of aliphatic imine (C=N–C) groups is 1. The van der Waals surface area contributed by atoms with Gasteiger partial charge in [-0.1, -0.05) is 23.8 Å². The Labute approximate surface area is 159 Å². The molecule has 0 saturated carbocycles. The number of anilines is 1. The van der Waals surface area contributed by atoms with Gasteiger partial charge in [0.15, 0.2) is 0 Å². The van der Waals surface area contributed by atoms with Gasteiger partial charge in [-0.3, -0.25) is 4.79 Å². The van der Waals surface area contributed by atoms with Crippen LogP contribution < -0.4 is 5.32 Å². The van der Waals surface area contributed by atoms with Crippen LogP contribution >= 0.6 is 11.6 Å². The van der Waals surface area contributed by atoms with E-state index in [1.54, 1.807) is 26.1 Å². The Morgan fingerprint density at radius 1 is 1.37 bits per heavy atom. The number of amides is 3. The van der Waals surface area contributed by atoms with Gasteiger partial charge in [-0.25, -0.2) is 18.6 Å². The van der Waals surface area contributed by atoms with Crippen molar-refractivity contribution in [1.29, 1.82) is 0 Å². The Morgan fingerprint density at radius 2 is 2.11 bits per heavy atom. The van der Waals surface area contributed by atoms with Crippen molar-refractivity contribution in [2.75, 3.05) is 12.4 Å². The summed E-state index contributed by atoms with van der Waals surface area (Å²) in [6.07, 6.45) is 4.68. The van der Waals surface area contributed by atoms with Crippen molar-refractivity contribution < 1.29 is 18.4 Å². The fourth-order valence-electron chi connectivity index (χ4n) is 2.85. The first-order valence-electron chi connectivity index (χ1n) is 8.16. The lowest BCUT2D eigenvalue weighted by Crippen LogP contribution is -2.40. The lowest BCUT2D eigenvalue weighted by Gasteiger charge is -2.29. The molecule has 1 aliphatic heterocycles. The van der Waals surface area contributed by atoms with E-state index in [4.69, 9.17) is 11.6 Å². The summed E-state index contributed by atoms with van der Waals surface area (Å²) >= 11 is 5.72. The highest BCUT2D eigenvalue weighted by Crippen LogP contribution is 2.32. The zero-order chi connectivity index (χ0) is 19.7. The number of likely N-dealkylation sites (N-methyl/N-ethyl adjacent to an activating group) is 1. The maximum atomic E-state index is 14.1. The number of rotatable bonds is 3. The molecule has 1 aromatic rings. The highest BCUT2D eigenvalue weighted by atomic mass is 35.5. The summed E-state index contributed by atoms with van der Waals surface area (Å²) in [6, 6.07) is 2.86. The number of urea groups is 1. The van der Waals surface area contributed by atoms with Gasteiger partial charge in [0.25, 0.3) is 5.91 Å². The van der Waals surface area contributed by atoms with E-state index in [2.05, 4.69) is 10.3 Å². The molecular formula is C19H16ClF2N3O2. The summed E-state index contributed by atoms with van der Waals surface area (Å²) in [5.74, 6) is -1.75. The van der Waals surface area contributed by atoms with E-state index >= 15 is 0 Å². The molecule has 3 rings (SSSR count). The van der Waals surface area contributed by atoms with Crippen LogP contribution in [-0.4, -0.2) is 36.1 Å². The number of allylic oxidation sites excluding steroid dienone is 3. The molecule has 2 aliphatic rings. The van der Waals surface area contributed by atoms with Crippen molar-refractivity contribution in [2.45, 2.75) is 19.4 Å². The third kappa shape index (κ3) is 3.68. The maximum Gasteiger partial charge on any atom is 0.322 e. The Hall–Kier alpha value is -2.80. The van der Waals surface area contributed by atoms with E-state index in [9.17, 15) is 18.4 Å². The monoisotopic (exact) mass is 391 g/mol. The van der Waals surface area contributed by atoms with Crippen LogP contribution in [0.4, 0.5) is 19.3 Å². The molecule has 8 heteroatoms. The molecule has 0 spiro atoms. The SMILES string of the molecule is CC(C1=C2C=CCC(F)=C2C(=O)N=C1)N(C)C(=O)Nc1ccc(F)c(Cl)c1. The third-order valence-corrected chi connectivity index (χ3v) is 4.78. The molecule has 0 fully saturated rings. The lowest BCUT2D eigenvalue weighted by atomic mass is 9.89. The van der Waals surface area contributed by atoms with E-state index in [0.29, 0.717) is 16.8 Å². The molecular weight excluding hydrogens is 376 g/mol. The van der Waals surface area contributed by atoms with Gasteiger partial charge in [0.2, 0.25) is 0 Å². The van der Waals surface area contributed by atoms with E-state index in [-0.39, 0.29) is 17.0 Å². The van der Waals surface area contributed by atoms with Crippen molar-refractivity contribution in [3.63, 3.8) is 0 Å². The minimum absolute atomic E-state index is 0.0450. The molecule has 0 bridgehead atoms. The predicted octanol–water partition coefficient (Wildman–Crippen LogP) is 4.42. The van der Waals surface area contributed by atoms with Gasteiger partial charge in [-0.15, -0.1) is 0 Å². The van der Waals surface area contributed by atoms with Crippen LogP contribution in [-0.2, 0) is 4.79 Å². The largest absolute Gasteiger partial charge is 0.322 e. The number of hydrogen-bond donors (Lipinski definition) is 1.